The summed E-state index contributed by atoms with van der Waals surface area (Å²) in [6, 6.07) is 24.4. The van der Waals surface area contributed by atoms with E-state index in [4.69, 9.17) is 19.4 Å². The van der Waals surface area contributed by atoms with Crippen LogP contribution in [0.4, 0.5) is 4.79 Å². The number of methoxy groups -OCH3 is 2. The van der Waals surface area contributed by atoms with Crippen LogP contribution in [-0.4, -0.2) is 87.0 Å². The zero-order valence-electron chi connectivity index (χ0n) is 35.8. The second-order valence-electron chi connectivity index (χ2n) is 17.2. The summed E-state index contributed by atoms with van der Waals surface area (Å²) in [6.45, 7) is 9.16. The van der Waals surface area contributed by atoms with Gasteiger partial charge in [0, 0.05) is 25.4 Å². The van der Waals surface area contributed by atoms with Crippen molar-refractivity contribution in [2.75, 3.05) is 27.3 Å². The Morgan fingerprint density at radius 1 is 0.672 bits per heavy atom. The number of benzene rings is 4. The molecule has 13 heteroatoms. The number of esters is 1. The number of imidazole rings is 2. The van der Waals surface area contributed by atoms with E-state index in [-0.39, 0.29) is 54.0 Å². The van der Waals surface area contributed by atoms with E-state index >= 15 is 0 Å². The number of carbonyl (C=O) groups is 4. The predicted octanol–water partition coefficient (Wildman–Crippen LogP) is 8.86. The molecule has 0 radical (unpaired) electrons. The highest BCUT2D eigenvalue weighted by molar-refractivity contribution is 5.93. The molecule has 2 aromatic heterocycles. The molecule has 0 bridgehead atoms. The quantitative estimate of drug-likeness (QED) is 0.103. The average molecular weight is 826 g/mol. The molecule has 2 aliphatic heterocycles. The van der Waals surface area contributed by atoms with E-state index in [1.165, 1.54) is 14.2 Å². The molecule has 13 nitrogen and oxygen atoms in total. The topological polar surface area (TPSA) is 163 Å². The predicted molar refractivity (Wildman–Crippen MR) is 235 cm³/mol. The summed E-state index contributed by atoms with van der Waals surface area (Å²) < 4.78 is 9.63. The molecular weight excluding hydrogens is 771 g/mol. The molecule has 2 saturated heterocycles. The van der Waals surface area contributed by atoms with Crippen LogP contribution in [0.2, 0.25) is 0 Å². The standard InChI is InChI=1S/C48H55N7O6/c1-27(2)35(17-20-42(56)60-5)46(57)54-21-7-9-40(54)44-49-36-18-15-33(25-38(36)51-44)31-13-11-30-24-32(14-12-29(30)23-31)34-16-19-37-39(26-34)52-45(50-37)41-10-8-22-55(41)47(58)43(28(3)4)53-48(59)61-6/h11-16,18-19,23-28,35,40-41,43H,7-10,17,20-22H2,1-6H3,(H,49,51)(H,50,52)(H,53,59)/t35-,40-,41-,43-/m0/s1. The van der Waals surface area contributed by atoms with E-state index in [0.29, 0.717) is 19.5 Å². The monoisotopic (exact) mass is 825 g/mol. The maximum Gasteiger partial charge on any atom is 0.407 e. The highest BCUT2D eigenvalue weighted by atomic mass is 16.5. The van der Waals surface area contributed by atoms with Gasteiger partial charge in [-0.3, -0.25) is 14.4 Å². The number of fused-ring (bicyclic) bond motifs is 3. The Morgan fingerprint density at radius 3 is 1.64 bits per heavy atom. The van der Waals surface area contributed by atoms with E-state index in [2.05, 4.69) is 75.9 Å². The van der Waals surface area contributed by atoms with Gasteiger partial charge in [-0.25, -0.2) is 14.8 Å². The second-order valence-corrected chi connectivity index (χ2v) is 17.2. The molecule has 0 aliphatic carbocycles. The number of likely N-dealkylation sites (tertiary alicyclic amines) is 2. The largest absolute Gasteiger partial charge is 0.469 e. The molecular formula is C48H55N7O6. The van der Waals surface area contributed by atoms with Crippen molar-refractivity contribution in [3.8, 4) is 22.3 Å². The Bertz CT molecular complexity index is 2610. The Balaban J connectivity index is 0.985. The summed E-state index contributed by atoms with van der Waals surface area (Å²) in [5, 5.41) is 4.96. The number of aromatic nitrogens is 4. The van der Waals surface area contributed by atoms with Crippen LogP contribution in [0.5, 0.6) is 0 Å². The SMILES string of the molecule is COC(=O)CC[C@H](C(=O)N1CCC[C@H]1c1nc2ccc(-c3ccc4cc(-c5ccc6nc([C@@H]7CCCN7C(=O)[C@@H](NC(=O)OC)C(C)C)[nH]c6c5)ccc4c3)cc2[nH]1)C(C)C. The van der Waals surface area contributed by atoms with Crippen molar-refractivity contribution in [2.45, 2.75) is 84.3 Å². The molecule has 3 N–H and O–H groups in total. The zero-order valence-corrected chi connectivity index (χ0v) is 35.8. The van der Waals surface area contributed by atoms with Gasteiger partial charge in [0.2, 0.25) is 11.8 Å². The Hall–Kier alpha value is -6.24. The number of aromatic amines is 2. The molecule has 6 aromatic rings. The van der Waals surface area contributed by atoms with Crippen molar-refractivity contribution in [2.24, 2.45) is 17.8 Å². The molecule has 61 heavy (non-hydrogen) atoms. The third kappa shape index (κ3) is 8.42. The lowest BCUT2D eigenvalue weighted by Crippen LogP contribution is -2.51. The van der Waals surface area contributed by atoms with E-state index in [9.17, 15) is 19.2 Å². The van der Waals surface area contributed by atoms with Crippen molar-refractivity contribution in [3.63, 3.8) is 0 Å². The number of hydrogen-bond acceptors (Lipinski definition) is 8. The molecule has 3 amide bonds. The van der Waals surface area contributed by atoms with Crippen LogP contribution in [0.3, 0.4) is 0 Å². The van der Waals surface area contributed by atoms with Crippen molar-refractivity contribution in [1.82, 2.24) is 35.1 Å². The number of carbonyl (C=O) groups excluding carboxylic acids is 4. The number of amides is 3. The van der Waals surface area contributed by atoms with Gasteiger partial charge in [0.25, 0.3) is 0 Å². The smallest absolute Gasteiger partial charge is 0.407 e. The molecule has 4 atom stereocenters. The number of alkyl carbamates (subject to hydrolysis) is 1. The van der Waals surface area contributed by atoms with Gasteiger partial charge in [0.05, 0.1) is 48.4 Å². The zero-order chi connectivity index (χ0) is 42.9. The van der Waals surface area contributed by atoms with Gasteiger partial charge < -0.3 is 34.6 Å². The molecule has 318 valence electrons. The fourth-order valence-electron chi connectivity index (χ4n) is 9.18. The van der Waals surface area contributed by atoms with Gasteiger partial charge in [0.15, 0.2) is 0 Å². The molecule has 0 unspecified atom stereocenters. The third-order valence-corrected chi connectivity index (χ3v) is 12.6. The molecule has 4 aromatic carbocycles. The van der Waals surface area contributed by atoms with Crippen LogP contribution in [0.25, 0.3) is 55.1 Å². The molecule has 8 rings (SSSR count). The van der Waals surface area contributed by atoms with Crippen LogP contribution in [0.1, 0.15) is 90.0 Å². The molecule has 0 spiro atoms. The van der Waals surface area contributed by atoms with Crippen LogP contribution in [0, 0.1) is 17.8 Å². The minimum Gasteiger partial charge on any atom is -0.469 e. The van der Waals surface area contributed by atoms with E-state index in [1.54, 1.807) is 0 Å². The van der Waals surface area contributed by atoms with E-state index in [1.807, 2.05) is 49.6 Å². The van der Waals surface area contributed by atoms with Gasteiger partial charge in [-0.15, -0.1) is 0 Å². The number of ether oxygens (including phenoxy) is 2. The molecule has 2 fully saturated rings. The van der Waals surface area contributed by atoms with Crippen LogP contribution in [0.15, 0.2) is 72.8 Å². The number of hydrogen-bond donors (Lipinski definition) is 3. The summed E-state index contributed by atoms with van der Waals surface area (Å²) in [6.07, 6.45) is 3.45. The highest BCUT2D eigenvalue weighted by Gasteiger charge is 2.38. The lowest BCUT2D eigenvalue weighted by Gasteiger charge is -2.29. The van der Waals surface area contributed by atoms with Crippen molar-refractivity contribution < 1.29 is 28.7 Å². The van der Waals surface area contributed by atoms with E-state index < -0.39 is 12.1 Å². The Kier molecular flexibility index (Phi) is 11.8. The Morgan fingerprint density at radius 2 is 1.16 bits per heavy atom. The molecule has 4 heterocycles. The third-order valence-electron chi connectivity index (χ3n) is 12.6. The Labute approximate surface area is 355 Å². The first-order chi connectivity index (χ1) is 29.4. The van der Waals surface area contributed by atoms with Crippen molar-refractivity contribution in [3.05, 3.63) is 84.4 Å². The normalized spacial score (nSPS) is 17.8. The fraction of sp³-hybridized carbons (Fsp3) is 0.417. The van der Waals surface area contributed by atoms with Gasteiger partial charge in [-0.05, 0) is 113 Å². The summed E-state index contributed by atoms with van der Waals surface area (Å²) in [5.41, 5.74) is 7.81. The average Bonchev–Trinajstić information content (AvgIpc) is 4.10. The number of H-pyrrole nitrogens is 2. The summed E-state index contributed by atoms with van der Waals surface area (Å²) in [5.74, 6) is 0.923. The van der Waals surface area contributed by atoms with Crippen molar-refractivity contribution >= 4 is 56.7 Å². The first-order valence-electron chi connectivity index (χ1n) is 21.5. The lowest BCUT2D eigenvalue weighted by molar-refractivity contribution is -0.142. The first kappa shape index (κ1) is 41.5. The van der Waals surface area contributed by atoms with Gasteiger partial charge in [0.1, 0.15) is 17.7 Å². The number of nitrogens with zero attached hydrogens (tertiary/aromatic N) is 4. The number of nitrogens with one attached hydrogen (secondary N) is 3. The highest BCUT2D eigenvalue weighted by Crippen LogP contribution is 2.37. The van der Waals surface area contributed by atoms with Gasteiger partial charge in [-0.1, -0.05) is 64.1 Å². The van der Waals surface area contributed by atoms with Crippen LogP contribution >= 0.6 is 0 Å². The first-order valence-corrected chi connectivity index (χ1v) is 21.5. The minimum atomic E-state index is -0.690. The van der Waals surface area contributed by atoms with Crippen molar-refractivity contribution in [1.29, 1.82) is 0 Å². The second kappa shape index (κ2) is 17.4. The summed E-state index contributed by atoms with van der Waals surface area (Å²) >= 11 is 0. The van der Waals surface area contributed by atoms with E-state index in [0.717, 1.165) is 92.4 Å². The fourth-order valence-corrected chi connectivity index (χ4v) is 9.18. The van der Waals surface area contributed by atoms with Gasteiger partial charge >= 0.3 is 12.1 Å². The molecule has 2 aliphatic rings. The maximum atomic E-state index is 13.8. The maximum absolute atomic E-state index is 13.8. The van der Waals surface area contributed by atoms with Crippen LogP contribution < -0.4 is 5.32 Å². The number of rotatable bonds is 12. The van der Waals surface area contributed by atoms with Gasteiger partial charge in [-0.2, -0.15) is 0 Å². The minimum absolute atomic E-state index is 0.0757. The lowest BCUT2D eigenvalue weighted by atomic mass is 9.89. The summed E-state index contributed by atoms with van der Waals surface area (Å²) in [7, 11) is 2.68. The molecule has 0 saturated carbocycles. The van der Waals surface area contributed by atoms with Crippen LogP contribution in [-0.2, 0) is 23.9 Å². The summed E-state index contributed by atoms with van der Waals surface area (Å²) in [4.78, 5) is 72.1.